The first-order valence-corrected chi connectivity index (χ1v) is 6.81. The molecule has 10 heavy (non-hydrogen) atoms. The van der Waals surface area contributed by atoms with Crippen LogP contribution in [0.2, 0.25) is 0 Å². The maximum Gasteiger partial charge on any atom is 0.0820 e. The maximum absolute atomic E-state index is 5.11. The molecule has 0 spiro atoms. The van der Waals surface area contributed by atoms with Gasteiger partial charge in [0.25, 0.3) is 0 Å². The lowest BCUT2D eigenvalue weighted by Gasteiger charge is -2.01. The molecule has 0 amide bonds. The summed E-state index contributed by atoms with van der Waals surface area (Å²) < 4.78 is 0.532. The first kappa shape index (κ1) is 8.80. The molecule has 0 aromatic carbocycles. The molecule has 1 rings (SSSR count). The van der Waals surface area contributed by atoms with Crippen LogP contribution in [0.1, 0.15) is 0 Å². The van der Waals surface area contributed by atoms with Crippen LogP contribution in [-0.2, 0) is 29.5 Å². The molecule has 0 aliphatic carbocycles. The summed E-state index contributed by atoms with van der Waals surface area (Å²) in [7, 11) is -1.56. The molecule has 0 bridgehead atoms. The summed E-state index contributed by atoms with van der Waals surface area (Å²) in [6.45, 7) is 0. The van der Waals surface area contributed by atoms with E-state index in [0.717, 1.165) is 4.91 Å². The van der Waals surface area contributed by atoms with Crippen LogP contribution in [0.3, 0.4) is 0 Å². The van der Waals surface area contributed by atoms with Crippen molar-refractivity contribution in [2.45, 2.75) is 0 Å². The third kappa shape index (κ3) is 1.65. The van der Waals surface area contributed by atoms with Gasteiger partial charge in [0.05, 0.1) is 4.20 Å². The Morgan fingerprint density at radius 1 is 1.50 bits per heavy atom. The Morgan fingerprint density at radius 3 is 2.30 bits per heavy atom. The van der Waals surface area contributed by atoms with Gasteiger partial charge in [-0.15, -0.1) is 12.6 Å². The Morgan fingerprint density at radius 2 is 2.10 bits per heavy atom. The third-order valence-corrected chi connectivity index (χ3v) is 4.98. The fraction of sp³-hybridized carbons (Fsp3) is 0. The van der Waals surface area contributed by atoms with E-state index in [1.807, 2.05) is 17.6 Å². The van der Waals surface area contributed by atoms with Gasteiger partial charge in [-0.05, 0) is 41.0 Å². The number of hydrogen-bond acceptors (Lipinski definition) is 3. The number of hydrogen-bond donors (Lipinski definition) is 1. The van der Waals surface area contributed by atoms with Crippen molar-refractivity contribution in [2.75, 3.05) is 0 Å². The van der Waals surface area contributed by atoms with Gasteiger partial charge in [-0.3, -0.25) is 0 Å². The normalized spacial score (nSPS) is 20.7. The zero-order valence-electron chi connectivity index (χ0n) is 4.81. The predicted molar refractivity (Wildman–Crippen MR) is 60.9 cm³/mol. The van der Waals surface area contributed by atoms with E-state index >= 15 is 0 Å². The summed E-state index contributed by atoms with van der Waals surface area (Å²) in [6, 6.07) is 0. The van der Waals surface area contributed by atoms with Gasteiger partial charge in [-0.1, -0.05) is 18.3 Å². The van der Waals surface area contributed by atoms with Crippen molar-refractivity contribution in [2.24, 2.45) is 0 Å². The molecular formula is C5H4S5. The molecule has 1 aliphatic rings. The number of rotatable bonds is 1. The minimum absolute atomic E-state index is 0.532. The summed E-state index contributed by atoms with van der Waals surface area (Å²) in [5, 5.41) is 1.84. The smallest absolute Gasteiger partial charge is 0.0820 e. The number of allylic oxidation sites excluding steroid dienone is 2. The van der Waals surface area contributed by atoms with Crippen molar-refractivity contribution < 1.29 is 0 Å². The molecule has 0 aromatic rings. The topological polar surface area (TPSA) is 0 Å². The molecule has 0 saturated carbocycles. The van der Waals surface area contributed by atoms with E-state index in [9.17, 15) is 0 Å². The lowest BCUT2D eigenvalue weighted by Crippen LogP contribution is -1.97. The van der Waals surface area contributed by atoms with E-state index in [1.54, 1.807) is 0 Å². The zero-order valence-corrected chi connectivity index (χ0v) is 8.97. The molecule has 0 N–H and O–H groups in total. The predicted octanol–water partition coefficient (Wildman–Crippen LogP) is 1.73. The van der Waals surface area contributed by atoms with Crippen molar-refractivity contribution >= 4 is 58.6 Å². The second kappa shape index (κ2) is 2.98. The van der Waals surface area contributed by atoms with Crippen molar-refractivity contribution in [3.63, 3.8) is 0 Å². The second-order valence-corrected chi connectivity index (χ2v) is 8.46. The quantitative estimate of drug-likeness (QED) is 0.532. The van der Waals surface area contributed by atoms with Crippen LogP contribution in [-0.4, -0.2) is 4.20 Å². The van der Waals surface area contributed by atoms with Gasteiger partial charge in [-0.25, -0.2) is 0 Å². The second-order valence-electron chi connectivity index (χ2n) is 1.71. The van der Waals surface area contributed by atoms with Crippen LogP contribution in [0, 0.1) is 0 Å². The highest BCUT2D eigenvalue weighted by atomic mass is 33.1. The summed E-state index contributed by atoms with van der Waals surface area (Å²) in [5.41, 5.74) is 0. The Bertz CT molecular complexity index is 316. The van der Waals surface area contributed by atoms with Crippen molar-refractivity contribution in [3.8, 4) is 0 Å². The zero-order chi connectivity index (χ0) is 7.78. The molecule has 0 fully saturated rings. The van der Waals surface area contributed by atoms with Gasteiger partial charge in [0, 0.05) is 4.91 Å². The average molecular weight is 224 g/mol. The van der Waals surface area contributed by atoms with E-state index in [1.165, 1.54) is 0 Å². The first-order valence-electron chi connectivity index (χ1n) is 2.41. The number of thiol groups is 1. The monoisotopic (exact) mass is 224 g/mol. The highest BCUT2D eigenvalue weighted by Gasteiger charge is 2.11. The summed E-state index contributed by atoms with van der Waals surface area (Å²) >= 11 is 19.1. The molecule has 54 valence electrons. The van der Waals surface area contributed by atoms with Crippen LogP contribution in [0.4, 0.5) is 0 Å². The Labute approximate surface area is 80.6 Å². The van der Waals surface area contributed by atoms with Crippen molar-refractivity contribution in [1.29, 1.82) is 0 Å². The minimum atomic E-state index is -1.56. The Kier molecular flexibility index (Phi) is 2.63. The van der Waals surface area contributed by atoms with Gasteiger partial charge < -0.3 is 0 Å². The summed E-state index contributed by atoms with van der Waals surface area (Å²) in [5.74, 6) is 0. The lowest BCUT2D eigenvalue weighted by molar-refractivity contribution is 2.09. The van der Waals surface area contributed by atoms with Crippen molar-refractivity contribution in [3.05, 3.63) is 22.5 Å². The average Bonchev–Trinajstić information content (AvgIpc) is 2.08. The van der Waals surface area contributed by atoms with E-state index in [4.69, 9.17) is 34.6 Å². The summed E-state index contributed by atoms with van der Waals surface area (Å²) in [6.07, 6.45) is 3.71. The number of thiocarbonyl (C=S) groups is 1. The van der Waals surface area contributed by atoms with Gasteiger partial charge in [0.2, 0.25) is 0 Å². The fourth-order valence-corrected chi connectivity index (χ4v) is 4.41. The van der Waals surface area contributed by atoms with E-state index in [2.05, 4.69) is 12.6 Å². The third-order valence-electron chi connectivity index (χ3n) is 1.02. The molecule has 0 saturated heterocycles. The van der Waals surface area contributed by atoms with E-state index in [-0.39, 0.29) is 0 Å². The fourth-order valence-electron chi connectivity index (χ4n) is 0.591. The van der Waals surface area contributed by atoms with Gasteiger partial charge in [0.15, 0.2) is 0 Å². The molecule has 0 atom stereocenters. The lowest BCUT2D eigenvalue weighted by atomic mass is 10.5. The standard InChI is InChI=1S/C5H4S5/c6-5(7)4-2-1-3-10(4,8)9/h1-3H,(H,6,7). The molecule has 5 heteroatoms. The van der Waals surface area contributed by atoms with Crippen molar-refractivity contribution in [1.82, 2.24) is 0 Å². The van der Waals surface area contributed by atoms with Gasteiger partial charge >= 0.3 is 0 Å². The largest absolute Gasteiger partial charge is 0.131 e. The molecule has 0 unspecified atom stereocenters. The maximum atomic E-state index is 5.11. The molecule has 1 heterocycles. The molecular weight excluding hydrogens is 220 g/mol. The Hall–Kier alpha value is 0.710. The SMILES string of the molecule is S=C(S)C1=CC=CS1(=S)=S. The van der Waals surface area contributed by atoms with E-state index < -0.39 is 7.15 Å². The minimum Gasteiger partial charge on any atom is -0.131 e. The first-order chi connectivity index (χ1) is 4.54. The van der Waals surface area contributed by atoms with Crippen LogP contribution in [0.25, 0.3) is 0 Å². The van der Waals surface area contributed by atoms with Crippen LogP contribution < -0.4 is 0 Å². The van der Waals surface area contributed by atoms with Crippen LogP contribution >= 0.6 is 24.8 Å². The summed E-state index contributed by atoms with van der Waals surface area (Å²) in [4.78, 5) is 0.857. The Balaban J connectivity index is 3.18. The molecule has 0 nitrogen and oxygen atoms in total. The van der Waals surface area contributed by atoms with Crippen LogP contribution in [0.15, 0.2) is 22.5 Å². The van der Waals surface area contributed by atoms with Gasteiger partial charge in [0.1, 0.15) is 0 Å². The van der Waals surface area contributed by atoms with E-state index in [0.29, 0.717) is 4.20 Å². The highest BCUT2D eigenvalue weighted by molar-refractivity contribution is 8.60. The highest BCUT2D eigenvalue weighted by Crippen LogP contribution is 2.20. The molecule has 0 radical (unpaired) electrons. The molecule has 1 aliphatic heterocycles. The van der Waals surface area contributed by atoms with Gasteiger partial charge in [-0.2, -0.15) is 0 Å². The van der Waals surface area contributed by atoms with Crippen LogP contribution in [0.5, 0.6) is 0 Å². The molecule has 0 aromatic heterocycles.